The van der Waals surface area contributed by atoms with E-state index in [9.17, 15) is 0 Å². The van der Waals surface area contributed by atoms with Gasteiger partial charge in [0.05, 0.1) is 0 Å². The van der Waals surface area contributed by atoms with Crippen molar-refractivity contribution in [2.45, 2.75) is 83.7 Å². The van der Waals surface area contributed by atoms with Crippen LogP contribution in [-0.2, 0) is 0 Å². The lowest BCUT2D eigenvalue weighted by molar-refractivity contribution is 0.341. The summed E-state index contributed by atoms with van der Waals surface area (Å²) in [6, 6.07) is 1.58. The van der Waals surface area contributed by atoms with E-state index in [0.29, 0.717) is 0 Å². The van der Waals surface area contributed by atoms with E-state index < -0.39 is 0 Å². The average Bonchev–Trinajstić information content (AvgIpc) is 2.16. The van der Waals surface area contributed by atoms with Crippen LogP contribution >= 0.6 is 0 Å². The lowest BCUT2D eigenvalue weighted by Crippen LogP contribution is -2.37. The van der Waals surface area contributed by atoms with Crippen LogP contribution in [0.15, 0.2) is 0 Å². The summed E-state index contributed by atoms with van der Waals surface area (Å²) in [6.45, 7) is 4.59. The van der Waals surface area contributed by atoms with Gasteiger partial charge >= 0.3 is 0 Å². The Morgan fingerprint density at radius 2 is 1.43 bits per heavy atom. The van der Waals surface area contributed by atoms with Gasteiger partial charge in [-0.1, -0.05) is 46.0 Å². The molecular weight excluding hydrogens is 170 g/mol. The van der Waals surface area contributed by atoms with Crippen molar-refractivity contribution in [3.63, 3.8) is 0 Å². The van der Waals surface area contributed by atoms with Crippen LogP contribution in [0.1, 0.15) is 71.6 Å². The van der Waals surface area contributed by atoms with E-state index in [-0.39, 0.29) is 0 Å². The topological polar surface area (TPSA) is 12.0 Å². The van der Waals surface area contributed by atoms with Crippen molar-refractivity contribution < 1.29 is 0 Å². The van der Waals surface area contributed by atoms with E-state index in [0.717, 1.165) is 12.1 Å². The third-order valence-corrected chi connectivity index (χ3v) is 3.56. The summed E-state index contributed by atoms with van der Waals surface area (Å²) in [6.07, 6.45) is 12.7. The fraction of sp³-hybridized carbons (Fsp3) is 1.00. The van der Waals surface area contributed by atoms with Gasteiger partial charge in [-0.05, 0) is 25.7 Å². The smallest absolute Gasteiger partial charge is 0.00696 e. The predicted octanol–water partition coefficient (Wildman–Crippen LogP) is 3.88. The second kappa shape index (κ2) is 7.28. The molecule has 0 spiro atoms. The van der Waals surface area contributed by atoms with Crippen LogP contribution < -0.4 is 5.32 Å². The van der Waals surface area contributed by atoms with E-state index in [1.54, 1.807) is 0 Å². The van der Waals surface area contributed by atoms with Crippen LogP contribution in [0.5, 0.6) is 0 Å². The maximum Gasteiger partial charge on any atom is 0.00696 e. The van der Waals surface area contributed by atoms with Gasteiger partial charge in [-0.2, -0.15) is 0 Å². The quantitative estimate of drug-likeness (QED) is 0.721. The van der Waals surface area contributed by atoms with Crippen molar-refractivity contribution in [3.8, 4) is 0 Å². The monoisotopic (exact) mass is 197 g/mol. The number of nitrogens with one attached hydrogen (secondary N) is 1. The first-order chi connectivity index (χ1) is 6.86. The van der Waals surface area contributed by atoms with Crippen molar-refractivity contribution in [2.24, 2.45) is 0 Å². The highest BCUT2D eigenvalue weighted by atomic mass is 14.9. The van der Waals surface area contributed by atoms with E-state index in [1.807, 2.05) is 0 Å². The van der Waals surface area contributed by atoms with E-state index in [2.05, 4.69) is 19.2 Å². The summed E-state index contributed by atoms with van der Waals surface area (Å²) in [5.74, 6) is 0. The zero-order chi connectivity index (χ0) is 10.2. The van der Waals surface area contributed by atoms with Gasteiger partial charge in [0.1, 0.15) is 0 Å². The molecule has 0 aliphatic heterocycles. The minimum atomic E-state index is 0.763. The highest BCUT2D eigenvalue weighted by molar-refractivity contribution is 4.74. The Balaban J connectivity index is 2.25. The fourth-order valence-corrected chi connectivity index (χ4v) is 2.48. The van der Waals surface area contributed by atoms with Gasteiger partial charge in [-0.15, -0.1) is 0 Å². The summed E-state index contributed by atoms with van der Waals surface area (Å²) in [7, 11) is 0. The first-order valence-corrected chi connectivity index (χ1v) is 6.62. The van der Waals surface area contributed by atoms with Gasteiger partial charge in [0, 0.05) is 12.1 Å². The van der Waals surface area contributed by atoms with Crippen LogP contribution in [0.25, 0.3) is 0 Å². The predicted molar refractivity (Wildman–Crippen MR) is 63.6 cm³/mol. The molecule has 1 heteroatoms. The average molecular weight is 197 g/mol. The number of hydrogen-bond acceptors (Lipinski definition) is 1. The molecule has 0 bridgehead atoms. The minimum absolute atomic E-state index is 0.763. The molecule has 1 aliphatic carbocycles. The molecule has 1 rings (SSSR count). The Hall–Kier alpha value is -0.0400. The van der Waals surface area contributed by atoms with Crippen LogP contribution in [-0.4, -0.2) is 12.1 Å². The summed E-state index contributed by atoms with van der Waals surface area (Å²) in [5.41, 5.74) is 0. The summed E-state index contributed by atoms with van der Waals surface area (Å²) < 4.78 is 0. The maximum atomic E-state index is 3.82. The first-order valence-electron chi connectivity index (χ1n) is 6.62. The Morgan fingerprint density at radius 3 is 1.93 bits per heavy atom. The molecule has 1 nitrogen and oxygen atoms in total. The molecule has 14 heavy (non-hydrogen) atoms. The summed E-state index contributed by atoms with van der Waals surface area (Å²) in [4.78, 5) is 0. The van der Waals surface area contributed by atoms with Gasteiger partial charge in [-0.25, -0.2) is 0 Å². The van der Waals surface area contributed by atoms with Crippen molar-refractivity contribution >= 4 is 0 Å². The molecular formula is C13H27N. The molecule has 0 radical (unpaired) electrons. The third kappa shape index (κ3) is 4.45. The molecule has 0 unspecified atom stereocenters. The fourth-order valence-electron chi connectivity index (χ4n) is 2.48. The minimum Gasteiger partial charge on any atom is -0.311 e. The molecule has 0 atom stereocenters. The summed E-state index contributed by atoms with van der Waals surface area (Å²) >= 11 is 0. The molecule has 0 aromatic carbocycles. The van der Waals surface area contributed by atoms with E-state index in [1.165, 1.54) is 57.8 Å². The molecule has 0 aromatic rings. The van der Waals surface area contributed by atoms with Gasteiger partial charge < -0.3 is 5.32 Å². The highest BCUT2D eigenvalue weighted by Crippen LogP contribution is 2.18. The zero-order valence-corrected chi connectivity index (χ0v) is 10.0. The van der Waals surface area contributed by atoms with Crippen molar-refractivity contribution in [1.82, 2.24) is 5.32 Å². The largest absolute Gasteiger partial charge is 0.311 e. The molecule has 1 N–H and O–H groups in total. The highest BCUT2D eigenvalue weighted by Gasteiger charge is 2.13. The first kappa shape index (κ1) is 12.0. The Bertz CT molecular complexity index is 121. The van der Waals surface area contributed by atoms with Crippen molar-refractivity contribution in [1.29, 1.82) is 0 Å². The molecule has 0 aromatic heterocycles. The van der Waals surface area contributed by atoms with Gasteiger partial charge in [0.2, 0.25) is 0 Å². The van der Waals surface area contributed by atoms with Crippen LogP contribution in [0.4, 0.5) is 0 Å². The molecule has 84 valence electrons. The second-order valence-corrected chi connectivity index (χ2v) is 4.72. The Labute approximate surface area is 89.7 Å². The molecule has 1 fully saturated rings. The number of hydrogen-bond donors (Lipinski definition) is 1. The molecule has 1 saturated carbocycles. The summed E-state index contributed by atoms with van der Waals surface area (Å²) in [5, 5.41) is 3.82. The van der Waals surface area contributed by atoms with Crippen LogP contribution in [0, 0.1) is 0 Å². The Kier molecular flexibility index (Phi) is 6.25. The van der Waals surface area contributed by atoms with E-state index >= 15 is 0 Å². The molecule has 0 saturated heterocycles. The zero-order valence-electron chi connectivity index (χ0n) is 10.0. The van der Waals surface area contributed by atoms with Crippen molar-refractivity contribution in [2.75, 3.05) is 0 Å². The normalized spacial score (nSPS) is 20.8. The Morgan fingerprint density at radius 1 is 0.929 bits per heavy atom. The maximum absolute atomic E-state index is 3.82. The van der Waals surface area contributed by atoms with Gasteiger partial charge in [0.25, 0.3) is 0 Å². The molecule has 0 heterocycles. The standard InChI is InChI=1S/C13H27N/c1-3-12(4-2)14-13-10-8-6-5-7-9-11-13/h12-14H,3-11H2,1-2H3. The molecule has 1 aliphatic rings. The lowest BCUT2D eigenvalue weighted by atomic mass is 9.95. The lowest BCUT2D eigenvalue weighted by Gasteiger charge is -2.25. The second-order valence-electron chi connectivity index (χ2n) is 4.72. The molecule has 0 amide bonds. The van der Waals surface area contributed by atoms with Crippen LogP contribution in [0.3, 0.4) is 0 Å². The third-order valence-electron chi connectivity index (χ3n) is 3.56. The van der Waals surface area contributed by atoms with Crippen molar-refractivity contribution in [3.05, 3.63) is 0 Å². The van der Waals surface area contributed by atoms with E-state index in [4.69, 9.17) is 0 Å². The van der Waals surface area contributed by atoms with Gasteiger partial charge in [0.15, 0.2) is 0 Å². The van der Waals surface area contributed by atoms with Gasteiger partial charge in [-0.3, -0.25) is 0 Å². The van der Waals surface area contributed by atoms with Crippen LogP contribution in [0.2, 0.25) is 0 Å². The SMILES string of the molecule is CCC(CC)NC1CCCCCCC1. The number of rotatable bonds is 4.